The maximum Gasteiger partial charge on any atom is 0.350 e. The number of aryl methyl sites for hydroxylation is 1. The van der Waals surface area contributed by atoms with Crippen LogP contribution in [-0.2, 0) is 4.74 Å². The number of carbonyl (C=O) groups excluding carboxylic acids is 1. The number of guanidine groups is 1. The molecule has 2 atom stereocenters. The maximum atomic E-state index is 12.0. The summed E-state index contributed by atoms with van der Waals surface area (Å²) in [6.45, 7) is 15.5. The van der Waals surface area contributed by atoms with Crippen LogP contribution in [0.5, 0.6) is 0 Å². The van der Waals surface area contributed by atoms with Gasteiger partial charge in [0, 0.05) is 45.3 Å². The zero-order valence-electron chi connectivity index (χ0n) is 17.3. The molecule has 0 spiro atoms. The number of hydrogen-bond acceptors (Lipinski definition) is 7. The van der Waals surface area contributed by atoms with Crippen LogP contribution >= 0.6 is 11.3 Å². The molecular formula is C19H32N6O2S. The molecule has 1 aromatic heterocycles. The van der Waals surface area contributed by atoms with Crippen molar-refractivity contribution in [3.8, 4) is 0 Å². The Morgan fingerprint density at radius 1 is 1.36 bits per heavy atom. The van der Waals surface area contributed by atoms with Crippen molar-refractivity contribution in [2.45, 2.75) is 39.8 Å². The number of carbonyl (C=O) groups is 1. The highest BCUT2D eigenvalue weighted by Gasteiger charge is 2.31. The van der Waals surface area contributed by atoms with Crippen molar-refractivity contribution < 1.29 is 9.53 Å². The highest BCUT2D eigenvalue weighted by Crippen LogP contribution is 2.24. The van der Waals surface area contributed by atoms with E-state index in [9.17, 15) is 4.79 Å². The first kappa shape index (κ1) is 21.0. The van der Waals surface area contributed by atoms with Gasteiger partial charge in [-0.15, -0.1) is 11.3 Å². The second kappa shape index (κ2) is 9.67. The number of aromatic nitrogens is 1. The topological polar surface area (TPSA) is 82.1 Å². The van der Waals surface area contributed by atoms with Gasteiger partial charge in [-0.25, -0.2) is 9.78 Å². The number of thiazole rings is 1. The summed E-state index contributed by atoms with van der Waals surface area (Å²) in [5, 5.41) is 7.61. The number of rotatable bonds is 7. The third kappa shape index (κ3) is 5.01. The average molecular weight is 409 g/mol. The zero-order chi connectivity index (χ0) is 20.1. The van der Waals surface area contributed by atoms with E-state index in [0.717, 1.165) is 43.7 Å². The van der Waals surface area contributed by atoms with Gasteiger partial charge >= 0.3 is 5.97 Å². The fourth-order valence-electron chi connectivity index (χ4n) is 3.67. The lowest BCUT2D eigenvalue weighted by molar-refractivity contribution is 0.0174. The summed E-state index contributed by atoms with van der Waals surface area (Å²) < 4.78 is 5.12. The molecule has 8 nitrogen and oxygen atoms in total. The number of aliphatic imine (C=N–C) groups is 1. The molecule has 0 aromatic carbocycles. The minimum Gasteiger partial charge on any atom is -0.462 e. The fraction of sp³-hybridized carbons (Fsp3) is 0.737. The Labute approximate surface area is 171 Å². The molecule has 3 aliphatic heterocycles. The smallest absolute Gasteiger partial charge is 0.350 e. The van der Waals surface area contributed by atoms with Crippen LogP contribution in [0.3, 0.4) is 0 Å². The molecule has 4 heterocycles. The number of fused-ring (bicyclic) bond motifs is 3. The Morgan fingerprint density at radius 2 is 2.11 bits per heavy atom. The summed E-state index contributed by atoms with van der Waals surface area (Å²) in [7, 11) is 0. The lowest BCUT2D eigenvalue weighted by Gasteiger charge is -2.47. The van der Waals surface area contributed by atoms with E-state index in [0.29, 0.717) is 23.2 Å². The van der Waals surface area contributed by atoms with Crippen LogP contribution in [0.4, 0.5) is 0 Å². The van der Waals surface area contributed by atoms with Crippen LogP contribution in [0.1, 0.15) is 47.2 Å². The fourth-order valence-corrected chi connectivity index (χ4v) is 4.63. The maximum absolute atomic E-state index is 12.0. The van der Waals surface area contributed by atoms with Gasteiger partial charge in [-0.2, -0.15) is 0 Å². The summed E-state index contributed by atoms with van der Waals surface area (Å²) >= 11 is 1.39. The Balaban J connectivity index is 1.63. The first-order chi connectivity index (χ1) is 13.5. The third-order valence-corrected chi connectivity index (χ3v) is 6.51. The van der Waals surface area contributed by atoms with E-state index >= 15 is 0 Å². The molecule has 2 N–H and O–H groups in total. The predicted octanol–water partition coefficient (Wildman–Crippen LogP) is 1.24. The molecule has 156 valence electrons. The Hall–Kier alpha value is -1.71. The number of ether oxygens (including phenoxy) is 1. The zero-order valence-corrected chi connectivity index (χ0v) is 18.1. The molecule has 4 rings (SSSR count). The summed E-state index contributed by atoms with van der Waals surface area (Å²) in [6, 6.07) is 0.447. The SMILES string of the molecule is CCNC(=NCC1CN2CCN1CC2)NC(C)c1nc(C)c(C(=O)OCC)s1. The highest BCUT2D eigenvalue weighted by molar-refractivity contribution is 7.13. The van der Waals surface area contributed by atoms with Gasteiger partial charge in [0.15, 0.2) is 5.96 Å². The van der Waals surface area contributed by atoms with Crippen LogP contribution in [0, 0.1) is 6.92 Å². The van der Waals surface area contributed by atoms with Crippen LogP contribution in [-0.4, -0.2) is 85.2 Å². The van der Waals surface area contributed by atoms with E-state index in [1.54, 1.807) is 0 Å². The monoisotopic (exact) mass is 408 g/mol. The molecule has 3 saturated heterocycles. The Kier molecular flexibility index (Phi) is 7.25. The van der Waals surface area contributed by atoms with E-state index in [1.165, 1.54) is 24.4 Å². The van der Waals surface area contributed by atoms with Crippen LogP contribution < -0.4 is 10.6 Å². The number of nitrogens with zero attached hydrogens (tertiary/aromatic N) is 4. The van der Waals surface area contributed by atoms with E-state index in [4.69, 9.17) is 9.73 Å². The minimum absolute atomic E-state index is 0.0449. The van der Waals surface area contributed by atoms with Gasteiger partial charge in [-0.05, 0) is 27.7 Å². The summed E-state index contributed by atoms with van der Waals surface area (Å²) in [4.78, 5) is 27.1. The van der Waals surface area contributed by atoms with Crippen molar-refractivity contribution in [1.29, 1.82) is 0 Å². The van der Waals surface area contributed by atoms with Crippen molar-refractivity contribution in [1.82, 2.24) is 25.4 Å². The molecule has 28 heavy (non-hydrogen) atoms. The van der Waals surface area contributed by atoms with Gasteiger partial charge in [-0.3, -0.25) is 14.8 Å². The van der Waals surface area contributed by atoms with Gasteiger partial charge in [0.25, 0.3) is 0 Å². The molecule has 0 saturated carbocycles. The van der Waals surface area contributed by atoms with Crippen molar-refractivity contribution in [3.05, 3.63) is 15.6 Å². The second-order valence-corrected chi connectivity index (χ2v) is 8.29. The second-order valence-electron chi connectivity index (χ2n) is 7.26. The average Bonchev–Trinajstić information content (AvgIpc) is 3.09. The predicted molar refractivity (Wildman–Crippen MR) is 112 cm³/mol. The van der Waals surface area contributed by atoms with Crippen molar-refractivity contribution >= 4 is 23.3 Å². The van der Waals surface area contributed by atoms with E-state index in [-0.39, 0.29) is 12.0 Å². The summed E-state index contributed by atoms with van der Waals surface area (Å²) in [6.07, 6.45) is 0. The van der Waals surface area contributed by atoms with E-state index < -0.39 is 0 Å². The molecule has 0 radical (unpaired) electrons. The minimum atomic E-state index is -0.298. The molecule has 3 aliphatic rings. The molecule has 3 fully saturated rings. The number of piperazine rings is 3. The summed E-state index contributed by atoms with van der Waals surface area (Å²) in [5.41, 5.74) is 0.717. The van der Waals surface area contributed by atoms with Crippen molar-refractivity contribution in [2.75, 3.05) is 52.4 Å². The van der Waals surface area contributed by atoms with Gasteiger partial charge < -0.3 is 15.4 Å². The highest BCUT2D eigenvalue weighted by atomic mass is 32.1. The van der Waals surface area contributed by atoms with E-state index in [1.807, 2.05) is 20.8 Å². The third-order valence-electron chi connectivity index (χ3n) is 5.19. The molecule has 2 unspecified atom stereocenters. The first-order valence-electron chi connectivity index (χ1n) is 10.2. The summed E-state index contributed by atoms with van der Waals surface area (Å²) in [5.74, 6) is 0.492. The Morgan fingerprint density at radius 3 is 2.71 bits per heavy atom. The number of esters is 1. The van der Waals surface area contributed by atoms with Gasteiger partial charge in [-0.1, -0.05) is 0 Å². The normalized spacial score (nSPS) is 25.4. The van der Waals surface area contributed by atoms with Crippen molar-refractivity contribution in [3.63, 3.8) is 0 Å². The van der Waals surface area contributed by atoms with E-state index in [2.05, 4.69) is 32.3 Å². The van der Waals surface area contributed by atoms with Crippen LogP contribution in [0.25, 0.3) is 0 Å². The van der Waals surface area contributed by atoms with Crippen LogP contribution in [0.2, 0.25) is 0 Å². The molecule has 1 aromatic rings. The van der Waals surface area contributed by atoms with Crippen LogP contribution in [0.15, 0.2) is 4.99 Å². The lowest BCUT2D eigenvalue weighted by atomic mass is 10.1. The lowest BCUT2D eigenvalue weighted by Crippen LogP contribution is -2.62. The number of nitrogens with one attached hydrogen (secondary N) is 2. The van der Waals surface area contributed by atoms with Gasteiger partial charge in [0.2, 0.25) is 0 Å². The largest absolute Gasteiger partial charge is 0.462 e. The van der Waals surface area contributed by atoms with Gasteiger partial charge in [0.05, 0.1) is 24.9 Å². The molecule has 0 amide bonds. The standard InChI is InChI=1S/C19H32N6O2S/c1-5-20-19(21-11-15-12-24-7-9-25(15)10-8-24)23-14(4)17-22-13(3)16(28-17)18(26)27-6-2/h14-15H,5-12H2,1-4H3,(H2,20,21,23). The van der Waals surface area contributed by atoms with Crippen molar-refractivity contribution in [2.24, 2.45) is 4.99 Å². The quantitative estimate of drug-likeness (QED) is 0.399. The molecule has 2 bridgehead atoms. The molecular weight excluding hydrogens is 376 g/mol. The molecule has 0 aliphatic carbocycles. The molecule has 9 heteroatoms. The first-order valence-corrected chi connectivity index (χ1v) is 11.0. The van der Waals surface area contributed by atoms with Gasteiger partial charge in [0.1, 0.15) is 9.88 Å². The Bertz CT molecular complexity index is 699. The number of hydrogen-bond donors (Lipinski definition) is 2.